The molecular formula is C28H42N8O. The fourth-order valence-electron chi connectivity index (χ4n) is 5.16. The first-order valence-corrected chi connectivity index (χ1v) is 13.6. The molecule has 1 saturated heterocycles. The highest BCUT2D eigenvalue weighted by molar-refractivity contribution is 5.95. The van der Waals surface area contributed by atoms with Gasteiger partial charge in [0.15, 0.2) is 0 Å². The van der Waals surface area contributed by atoms with Crippen molar-refractivity contribution >= 4 is 29.4 Å². The van der Waals surface area contributed by atoms with Gasteiger partial charge in [0.2, 0.25) is 17.8 Å². The largest absolute Gasteiger partial charge is 0.350 e. The van der Waals surface area contributed by atoms with Crippen LogP contribution in [-0.4, -0.2) is 71.1 Å². The number of likely N-dealkylation sites (tertiary alicyclic amines) is 1. The van der Waals surface area contributed by atoms with Crippen LogP contribution in [0.5, 0.6) is 0 Å². The Labute approximate surface area is 221 Å². The van der Waals surface area contributed by atoms with Crippen LogP contribution in [0.25, 0.3) is 0 Å². The lowest BCUT2D eigenvalue weighted by Gasteiger charge is -2.23. The van der Waals surface area contributed by atoms with Gasteiger partial charge in [0.25, 0.3) is 5.91 Å². The summed E-state index contributed by atoms with van der Waals surface area (Å²) in [5.74, 6) is 2.27. The highest BCUT2D eigenvalue weighted by Gasteiger charge is 2.24. The van der Waals surface area contributed by atoms with E-state index in [2.05, 4.69) is 39.4 Å². The first kappa shape index (κ1) is 26.9. The van der Waals surface area contributed by atoms with Gasteiger partial charge in [-0.15, -0.1) is 6.58 Å². The van der Waals surface area contributed by atoms with Crippen LogP contribution in [0.3, 0.4) is 0 Å². The van der Waals surface area contributed by atoms with Gasteiger partial charge in [0, 0.05) is 56.6 Å². The first-order chi connectivity index (χ1) is 17.8. The third-order valence-electron chi connectivity index (χ3n) is 7.13. The van der Waals surface area contributed by atoms with Gasteiger partial charge in [-0.3, -0.25) is 9.69 Å². The fourth-order valence-corrected chi connectivity index (χ4v) is 5.16. The quantitative estimate of drug-likeness (QED) is 0.387. The number of amides is 1. The van der Waals surface area contributed by atoms with E-state index >= 15 is 0 Å². The van der Waals surface area contributed by atoms with Gasteiger partial charge in [-0.1, -0.05) is 25.0 Å². The summed E-state index contributed by atoms with van der Waals surface area (Å²) in [4.78, 5) is 31.4. The molecule has 9 heteroatoms. The zero-order valence-electron chi connectivity index (χ0n) is 22.8. The Balaban J connectivity index is 1.57. The van der Waals surface area contributed by atoms with Gasteiger partial charge in [0.1, 0.15) is 0 Å². The highest BCUT2D eigenvalue weighted by Crippen LogP contribution is 2.27. The van der Waals surface area contributed by atoms with Crippen molar-refractivity contribution in [3.05, 3.63) is 42.0 Å². The van der Waals surface area contributed by atoms with E-state index in [0.29, 0.717) is 29.3 Å². The van der Waals surface area contributed by atoms with Crippen molar-refractivity contribution in [2.75, 3.05) is 48.8 Å². The molecule has 1 saturated carbocycles. The molecule has 2 heterocycles. The normalized spacial score (nSPS) is 18.2. The van der Waals surface area contributed by atoms with E-state index < -0.39 is 0 Å². The number of aromatic nitrogens is 3. The fraction of sp³-hybridized carbons (Fsp3) is 0.571. The summed E-state index contributed by atoms with van der Waals surface area (Å²) in [6.07, 6.45) is 8.11. The standard InChI is InChI=1S/C28H42N8O/c1-6-14-36-15-13-23(18-36)30-26-32-27(34-28(33-26)35(5)17-21-9-7-8-10-21)31-24-16-22(12-11-20(24)4)25(37)29-19(2)3/h6,11-12,16,19,21,23H,1,7-10,13-15,17-18H2,2-5H3,(H,29,37)(H2,30,31,32,33,34)/t23-/m0/s1. The van der Waals surface area contributed by atoms with E-state index in [9.17, 15) is 4.79 Å². The van der Waals surface area contributed by atoms with Crippen molar-refractivity contribution in [1.29, 1.82) is 0 Å². The van der Waals surface area contributed by atoms with Crippen LogP contribution in [0, 0.1) is 12.8 Å². The van der Waals surface area contributed by atoms with Crippen molar-refractivity contribution in [3.63, 3.8) is 0 Å². The van der Waals surface area contributed by atoms with Crippen LogP contribution >= 0.6 is 0 Å². The molecule has 1 amide bonds. The molecule has 0 bridgehead atoms. The summed E-state index contributed by atoms with van der Waals surface area (Å²) in [5.41, 5.74) is 2.41. The second kappa shape index (κ2) is 12.4. The Morgan fingerprint density at radius 2 is 1.95 bits per heavy atom. The molecule has 0 radical (unpaired) electrons. The Morgan fingerprint density at radius 3 is 2.68 bits per heavy atom. The minimum Gasteiger partial charge on any atom is -0.350 e. The Morgan fingerprint density at radius 1 is 1.19 bits per heavy atom. The lowest BCUT2D eigenvalue weighted by molar-refractivity contribution is 0.0943. The maximum Gasteiger partial charge on any atom is 0.251 e. The van der Waals surface area contributed by atoms with Crippen LogP contribution in [0.1, 0.15) is 61.9 Å². The third kappa shape index (κ3) is 7.41. The average molecular weight is 507 g/mol. The minimum atomic E-state index is -0.0987. The number of aryl methyl sites for hydroxylation is 1. The summed E-state index contributed by atoms with van der Waals surface area (Å²) < 4.78 is 0. The molecule has 1 aromatic heterocycles. The van der Waals surface area contributed by atoms with Gasteiger partial charge in [0.05, 0.1) is 0 Å². The number of carbonyl (C=O) groups excluding carboxylic acids is 1. The number of nitrogens with one attached hydrogen (secondary N) is 3. The molecule has 4 rings (SSSR count). The molecule has 37 heavy (non-hydrogen) atoms. The summed E-state index contributed by atoms with van der Waals surface area (Å²) >= 11 is 0. The summed E-state index contributed by atoms with van der Waals surface area (Å²) in [6, 6.07) is 5.98. The number of carbonyl (C=O) groups is 1. The second-order valence-corrected chi connectivity index (χ2v) is 10.8. The number of nitrogens with zero attached hydrogens (tertiary/aromatic N) is 5. The predicted octanol–water partition coefficient (Wildman–Crippen LogP) is 4.36. The highest BCUT2D eigenvalue weighted by atomic mass is 16.1. The van der Waals surface area contributed by atoms with Crippen molar-refractivity contribution in [2.45, 2.75) is 65.0 Å². The van der Waals surface area contributed by atoms with Gasteiger partial charge in [-0.05, 0) is 63.6 Å². The van der Waals surface area contributed by atoms with E-state index in [1.165, 1.54) is 25.7 Å². The molecule has 2 aromatic rings. The second-order valence-electron chi connectivity index (χ2n) is 10.8. The molecule has 1 aromatic carbocycles. The van der Waals surface area contributed by atoms with Crippen molar-refractivity contribution in [2.24, 2.45) is 5.92 Å². The monoisotopic (exact) mass is 506 g/mol. The predicted molar refractivity (Wildman–Crippen MR) is 151 cm³/mol. The van der Waals surface area contributed by atoms with Gasteiger partial charge in [-0.2, -0.15) is 15.0 Å². The van der Waals surface area contributed by atoms with Crippen LogP contribution in [0.4, 0.5) is 23.5 Å². The topological polar surface area (TPSA) is 98.3 Å². The Hall–Kier alpha value is -3.20. The van der Waals surface area contributed by atoms with Gasteiger partial charge < -0.3 is 20.9 Å². The summed E-state index contributed by atoms with van der Waals surface area (Å²) in [6.45, 7) is 13.6. The zero-order valence-corrected chi connectivity index (χ0v) is 22.8. The Bertz CT molecular complexity index is 1080. The van der Waals surface area contributed by atoms with Crippen molar-refractivity contribution < 1.29 is 4.79 Å². The SMILES string of the molecule is C=CCN1CC[C@H](Nc2nc(Nc3cc(C(=O)NC(C)C)ccc3C)nc(N(C)CC3CCCC3)n2)C1. The van der Waals surface area contributed by atoms with Crippen LogP contribution in [-0.2, 0) is 0 Å². The molecule has 200 valence electrons. The van der Waals surface area contributed by atoms with Crippen LogP contribution < -0.4 is 20.9 Å². The van der Waals surface area contributed by atoms with E-state index in [-0.39, 0.29) is 18.0 Å². The van der Waals surface area contributed by atoms with Crippen LogP contribution in [0.2, 0.25) is 0 Å². The first-order valence-electron chi connectivity index (χ1n) is 13.6. The van der Waals surface area contributed by atoms with Gasteiger partial charge in [-0.25, -0.2) is 0 Å². The molecule has 9 nitrogen and oxygen atoms in total. The summed E-state index contributed by atoms with van der Waals surface area (Å²) in [7, 11) is 2.06. The number of benzene rings is 1. The van der Waals surface area contributed by atoms with Crippen molar-refractivity contribution in [1.82, 2.24) is 25.2 Å². The van der Waals surface area contributed by atoms with E-state index in [1.807, 2.05) is 45.0 Å². The summed E-state index contributed by atoms with van der Waals surface area (Å²) in [5, 5.41) is 9.87. The molecule has 2 fully saturated rings. The molecule has 1 aliphatic heterocycles. The van der Waals surface area contributed by atoms with E-state index in [0.717, 1.165) is 43.9 Å². The van der Waals surface area contributed by atoms with E-state index in [4.69, 9.17) is 15.0 Å². The lowest BCUT2D eigenvalue weighted by atomic mass is 10.1. The number of rotatable bonds is 11. The number of anilines is 4. The molecule has 1 aliphatic carbocycles. The maximum atomic E-state index is 12.6. The molecular weight excluding hydrogens is 464 g/mol. The number of hydrogen-bond acceptors (Lipinski definition) is 8. The smallest absolute Gasteiger partial charge is 0.251 e. The maximum absolute atomic E-state index is 12.6. The van der Waals surface area contributed by atoms with E-state index in [1.54, 1.807) is 0 Å². The molecule has 0 spiro atoms. The van der Waals surface area contributed by atoms with Gasteiger partial charge >= 0.3 is 0 Å². The zero-order chi connectivity index (χ0) is 26.4. The van der Waals surface area contributed by atoms with Crippen molar-refractivity contribution in [3.8, 4) is 0 Å². The van der Waals surface area contributed by atoms with Crippen LogP contribution in [0.15, 0.2) is 30.9 Å². The average Bonchev–Trinajstić information content (AvgIpc) is 3.52. The third-order valence-corrected chi connectivity index (χ3v) is 7.13. The molecule has 3 N–H and O–H groups in total. The minimum absolute atomic E-state index is 0.0679. The molecule has 0 unspecified atom stereocenters. The molecule has 2 aliphatic rings. The molecule has 1 atom stereocenters. The Kier molecular flexibility index (Phi) is 8.97. The lowest BCUT2D eigenvalue weighted by Crippen LogP contribution is -2.30. The number of hydrogen-bond donors (Lipinski definition) is 3.